The second-order valence-corrected chi connectivity index (χ2v) is 8.01. The summed E-state index contributed by atoms with van der Waals surface area (Å²) in [5, 5.41) is 9.53. The fraction of sp³-hybridized carbons (Fsp3) is 0.652. The smallest absolute Gasteiger partial charge is 0.258 e. The first-order valence-corrected chi connectivity index (χ1v) is 11.2. The highest BCUT2D eigenvalue weighted by molar-refractivity contribution is 14.0. The lowest BCUT2D eigenvalue weighted by Crippen LogP contribution is -2.38. The fourth-order valence-corrected chi connectivity index (χ4v) is 2.71. The molecule has 3 N–H and O–H groups in total. The van der Waals surface area contributed by atoms with Crippen molar-refractivity contribution in [3.63, 3.8) is 0 Å². The van der Waals surface area contributed by atoms with E-state index in [1.54, 1.807) is 0 Å². The summed E-state index contributed by atoms with van der Waals surface area (Å²) < 4.78 is 11.2. The molecule has 1 aliphatic rings. The molecule has 0 aliphatic heterocycles. The molecule has 8 heteroatoms. The van der Waals surface area contributed by atoms with Gasteiger partial charge in [0, 0.05) is 25.7 Å². The van der Waals surface area contributed by atoms with Crippen LogP contribution in [0, 0.1) is 5.92 Å². The molecule has 0 radical (unpaired) electrons. The molecule has 1 aromatic carbocycles. The summed E-state index contributed by atoms with van der Waals surface area (Å²) in [5.74, 6) is 2.14. The molecule has 7 nitrogen and oxygen atoms in total. The van der Waals surface area contributed by atoms with Crippen LogP contribution in [-0.2, 0) is 16.0 Å². The third-order valence-corrected chi connectivity index (χ3v) is 4.63. The largest absolute Gasteiger partial charge is 0.484 e. The molecule has 0 unspecified atom stereocenters. The maximum absolute atomic E-state index is 11.7. The quantitative estimate of drug-likeness (QED) is 0.145. The van der Waals surface area contributed by atoms with Gasteiger partial charge in [0.2, 0.25) is 0 Å². The van der Waals surface area contributed by atoms with Crippen LogP contribution in [0.1, 0.15) is 45.6 Å². The topological polar surface area (TPSA) is 84.0 Å². The zero-order valence-corrected chi connectivity index (χ0v) is 21.4. The molecule has 0 aromatic heterocycles. The van der Waals surface area contributed by atoms with Gasteiger partial charge in [-0.25, -0.2) is 0 Å². The standard InChI is InChI=1S/C23H38N4O3.HI/c1-4-24-23(26-14-16-29-15-12-18(2)3)25-13-11-19-5-9-21(10-6-19)30-17-22(28)27-20-7-8-20;/h5-6,9-10,18,20H,4,7-8,11-17H2,1-3H3,(H,27,28)(H2,24,25,26);1H. The van der Waals surface area contributed by atoms with Crippen LogP contribution in [0.5, 0.6) is 5.75 Å². The highest BCUT2D eigenvalue weighted by Gasteiger charge is 2.23. The lowest BCUT2D eigenvalue weighted by molar-refractivity contribution is -0.123. The van der Waals surface area contributed by atoms with Crippen molar-refractivity contribution < 1.29 is 14.3 Å². The molecule has 1 aromatic rings. The molecule has 0 heterocycles. The maximum atomic E-state index is 11.7. The molecule has 0 spiro atoms. The summed E-state index contributed by atoms with van der Waals surface area (Å²) in [6.07, 6.45) is 4.12. The number of aliphatic imine (C=N–C) groups is 1. The van der Waals surface area contributed by atoms with E-state index >= 15 is 0 Å². The highest BCUT2D eigenvalue weighted by Crippen LogP contribution is 2.18. The minimum absolute atomic E-state index is 0. The number of carbonyl (C=O) groups is 1. The number of nitrogens with one attached hydrogen (secondary N) is 3. The van der Waals surface area contributed by atoms with Gasteiger partial charge in [0.15, 0.2) is 12.6 Å². The van der Waals surface area contributed by atoms with Gasteiger partial charge in [-0.3, -0.25) is 9.79 Å². The van der Waals surface area contributed by atoms with E-state index < -0.39 is 0 Å². The third-order valence-electron chi connectivity index (χ3n) is 4.63. The van der Waals surface area contributed by atoms with Gasteiger partial charge in [0.1, 0.15) is 5.75 Å². The molecule has 31 heavy (non-hydrogen) atoms. The monoisotopic (exact) mass is 546 g/mol. The number of hydrogen-bond acceptors (Lipinski definition) is 4. The molecule has 0 bridgehead atoms. The van der Waals surface area contributed by atoms with E-state index in [-0.39, 0.29) is 36.5 Å². The van der Waals surface area contributed by atoms with Crippen molar-refractivity contribution in [2.24, 2.45) is 10.9 Å². The van der Waals surface area contributed by atoms with Crippen LogP contribution in [0.4, 0.5) is 0 Å². The SMILES string of the molecule is CCNC(=NCCOCCC(C)C)NCCc1ccc(OCC(=O)NC2CC2)cc1.I. The van der Waals surface area contributed by atoms with E-state index in [2.05, 4.69) is 41.7 Å². The van der Waals surface area contributed by atoms with Crippen molar-refractivity contribution in [3.05, 3.63) is 29.8 Å². The highest BCUT2D eigenvalue weighted by atomic mass is 127. The number of benzene rings is 1. The van der Waals surface area contributed by atoms with E-state index in [4.69, 9.17) is 9.47 Å². The van der Waals surface area contributed by atoms with Gasteiger partial charge in [0.25, 0.3) is 5.91 Å². The Hall–Kier alpha value is -1.55. The van der Waals surface area contributed by atoms with Crippen molar-refractivity contribution in [1.82, 2.24) is 16.0 Å². The molecular formula is C23H39IN4O3. The Labute approximate surface area is 204 Å². The second-order valence-electron chi connectivity index (χ2n) is 8.01. The Morgan fingerprint density at radius 2 is 1.90 bits per heavy atom. The Morgan fingerprint density at radius 1 is 1.16 bits per heavy atom. The lowest BCUT2D eigenvalue weighted by atomic mass is 10.1. The van der Waals surface area contributed by atoms with Crippen LogP contribution in [0.2, 0.25) is 0 Å². The summed E-state index contributed by atoms with van der Waals surface area (Å²) in [5.41, 5.74) is 1.20. The lowest BCUT2D eigenvalue weighted by Gasteiger charge is -2.12. The van der Waals surface area contributed by atoms with Crippen LogP contribution >= 0.6 is 24.0 Å². The maximum Gasteiger partial charge on any atom is 0.258 e. The second kappa shape index (κ2) is 16.1. The average Bonchev–Trinajstić information content (AvgIpc) is 3.53. The number of hydrogen-bond donors (Lipinski definition) is 3. The number of guanidine groups is 1. The first kappa shape index (κ1) is 27.5. The molecule has 1 aliphatic carbocycles. The summed E-state index contributed by atoms with van der Waals surface area (Å²) >= 11 is 0. The Kier molecular flexibility index (Phi) is 14.3. The zero-order chi connectivity index (χ0) is 21.6. The van der Waals surface area contributed by atoms with E-state index in [0.29, 0.717) is 30.9 Å². The molecule has 1 amide bonds. The van der Waals surface area contributed by atoms with Crippen LogP contribution in [0.3, 0.4) is 0 Å². The van der Waals surface area contributed by atoms with E-state index in [0.717, 1.165) is 51.3 Å². The van der Waals surface area contributed by atoms with Crippen molar-refractivity contribution in [1.29, 1.82) is 0 Å². The Morgan fingerprint density at radius 3 is 2.55 bits per heavy atom. The predicted octanol–water partition coefficient (Wildman–Crippen LogP) is 3.12. The summed E-state index contributed by atoms with van der Waals surface area (Å²) in [7, 11) is 0. The Bertz CT molecular complexity index is 649. The minimum atomic E-state index is -0.0497. The number of ether oxygens (including phenoxy) is 2. The molecular weight excluding hydrogens is 507 g/mol. The van der Waals surface area contributed by atoms with Crippen LogP contribution in [0.25, 0.3) is 0 Å². The van der Waals surface area contributed by atoms with Crippen molar-refractivity contribution in [3.8, 4) is 5.75 Å². The molecule has 1 saturated carbocycles. The molecule has 2 rings (SSSR count). The molecule has 176 valence electrons. The normalized spacial score (nSPS) is 13.5. The number of amides is 1. The predicted molar refractivity (Wildman–Crippen MR) is 136 cm³/mol. The zero-order valence-electron chi connectivity index (χ0n) is 19.1. The third kappa shape index (κ3) is 13.5. The van der Waals surface area contributed by atoms with E-state index in [9.17, 15) is 4.79 Å². The van der Waals surface area contributed by atoms with Crippen LogP contribution in [0.15, 0.2) is 29.3 Å². The van der Waals surface area contributed by atoms with Gasteiger partial charge >= 0.3 is 0 Å². The van der Waals surface area contributed by atoms with Gasteiger partial charge in [-0.1, -0.05) is 26.0 Å². The minimum Gasteiger partial charge on any atom is -0.484 e. The molecule has 0 atom stereocenters. The van der Waals surface area contributed by atoms with E-state index in [1.807, 2.05) is 24.3 Å². The average molecular weight is 546 g/mol. The molecule has 0 saturated heterocycles. The van der Waals surface area contributed by atoms with E-state index in [1.165, 1.54) is 5.56 Å². The number of rotatable bonds is 14. The van der Waals surface area contributed by atoms with Crippen molar-refractivity contribution >= 4 is 35.8 Å². The van der Waals surface area contributed by atoms with Gasteiger partial charge in [-0.05, 0) is 56.2 Å². The van der Waals surface area contributed by atoms with Crippen molar-refractivity contribution in [2.75, 3.05) is 39.5 Å². The number of nitrogens with zero attached hydrogens (tertiary/aromatic N) is 1. The van der Waals surface area contributed by atoms with Gasteiger partial charge in [-0.2, -0.15) is 0 Å². The van der Waals surface area contributed by atoms with Crippen LogP contribution in [-0.4, -0.2) is 57.4 Å². The van der Waals surface area contributed by atoms with Gasteiger partial charge in [0.05, 0.1) is 13.2 Å². The van der Waals surface area contributed by atoms with Gasteiger partial charge < -0.3 is 25.4 Å². The number of carbonyl (C=O) groups excluding carboxylic acids is 1. The summed E-state index contributed by atoms with van der Waals surface area (Å²) in [6, 6.07) is 8.25. The number of halogens is 1. The summed E-state index contributed by atoms with van der Waals surface area (Å²) in [6.45, 7) is 10.2. The summed E-state index contributed by atoms with van der Waals surface area (Å²) in [4.78, 5) is 16.2. The Balaban J connectivity index is 0.00000480. The molecule has 1 fully saturated rings. The van der Waals surface area contributed by atoms with Crippen molar-refractivity contribution in [2.45, 2.75) is 52.5 Å². The first-order chi connectivity index (χ1) is 14.6. The fourth-order valence-electron chi connectivity index (χ4n) is 2.71. The van der Waals surface area contributed by atoms with Crippen LogP contribution < -0.4 is 20.7 Å². The first-order valence-electron chi connectivity index (χ1n) is 11.2. The van der Waals surface area contributed by atoms with Gasteiger partial charge in [-0.15, -0.1) is 24.0 Å².